The van der Waals surface area contributed by atoms with Crippen LogP contribution in [0.4, 0.5) is 0 Å². The van der Waals surface area contributed by atoms with Gasteiger partial charge >= 0.3 is 5.97 Å². The van der Waals surface area contributed by atoms with Gasteiger partial charge in [0.05, 0.1) is 19.2 Å². The summed E-state index contributed by atoms with van der Waals surface area (Å²) in [4.78, 5) is 40.8. The fourth-order valence-electron chi connectivity index (χ4n) is 2.43. The minimum atomic E-state index is -0.471. The molecule has 0 atom stereocenters. The van der Waals surface area contributed by atoms with Gasteiger partial charge in [0, 0.05) is 18.8 Å². The lowest BCUT2D eigenvalue weighted by Crippen LogP contribution is -2.40. The highest BCUT2D eigenvalue weighted by atomic mass is 16.5. The zero-order valence-electron chi connectivity index (χ0n) is 14.4. The van der Waals surface area contributed by atoms with Gasteiger partial charge in [0.15, 0.2) is 0 Å². The molecule has 1 heterocycles. The van der Waals surface area contributed by atoms with Crippen LogP contribution in [0.25, 0.3) is 0 Å². The molecule has 1 rings (SSSR count). The Morgan fingerprint density at radius 1 is 1.22 bits per heavy atom. The van der Waals surface area contributed by atoms with Crippen molar-refractivity contribution in [3.63, 3.8) is 0 Å². The van der Waals surface area contributed by atoms with Crippen molar-refractivity contribution in [2.45, 2.75) is 34.1 Å². The normalized spacial score (nSPS) is 10.3. The van der Waals surface area contributed by atoms with E-state index < -0.39 is 5.97 Å². The first-order chi connectivity index (χ1) is 10.9. The first-order valence-corrected chi connectivity index (χ1v) is 7.76. The number of amides is 2. The van der Waals surface area contributed by atoms with Crippen LogP contribution < -0.4 is 5.32 Å². The van der Waals surface area contributed by atoms with Crippen molar-refractivity contribution in [2.24, 2.45) is 0 Å². The standard InChI is InChI=1S/C16H25N3O4/c1-6-11-13(16(22)23-5)10(4)14(18-11)15(21)19(8-3)9-12(20)17-7-2/h18H,6-9H2,1-5H3,(H,17,20). The zero-order chi connectivity index (χ0) is 17.6. The number of aromatic amines is 1. The van der Waals surface area contributed by atoms with Gasteiger partial charge in [0.1, 0.15) is 5.69 Å². The predicted molar refractivity (Wildman–Crippen MR) is 86.5 cm³/mol. The number of rotatable bonds is 7. The first kappa shape index (κ1) is 18.7. The SMILES string of the molecule is CCNC(=O)CN(CC)C(=O)c1[nH]c(CC)c(C(=O)OC)c1C. The van der Waals surface area contributed by atoms with Crippen LogP contribution in [0, 0.1) is 6.92 Å². The van der Waals surface area contributed by atoms with Crippen molar-refractivity contribution in [1.82, 2.24) is 15.2 Å². The lowest BCUT2D eigenvalue weighted by atomic mass is 10.1. The van der Waals surface area contributed by atoms with E-state index in [1.54, 1.807) is 13.8 Å². The fraction of sp³-hybridized carbons (Fsp3) is 0.562. The number of carbonyl (C=O) groups is 3. The second kappa shape index (κ2) is 8.36. The van der Waals surface area contributed by atoms with E-state index in [0.29, 0.717) is 42.0 Å². The van der Waals surface area contributed by atoms with Crippen molar-refractivity contribution in [3.05, 3.63) is 22.5 Å². The number of ether oxygens (including phenoxy) is 1. The third kappa shape index (κ3) is 4.12. The van der Waals surface area contributed by atoms with E-state index in [1.807, 2.05) is 13.8 Å². The van der Waals surface area contributed by atoms with E-state index in [0.717, 1.165) is 0 Å². The first-order valence-electron chi connectivity index (χ1n) is 7.76. The largest absolute Gasteiger partial charge is 0.465 e. The molecule has 1 aromatic rings. The molecule has 7 heteroatoms. The quantitative estimate of drug-likeness (QED) is 0.739. The molecule has 23 heavy (non-hydrogen) atoms. The van der Waals surface area contributed by atoms with Crippen molar-refractivity contribution in [2.75, 3.05) is 26.7 Å². The third-order valence-corrected chi connectivity index (χ3v) is 3.66. The summed E-state index contributed by atoms with van der Waals surface area (Å²) in [6, 6.07) is 0. The number of aryl methyl sites for hydroxylation is 1. The maximum Gasteiger partial charge on any atom is 0.339 e. The molecule has 0 aliphatic rings. The van der Waals surface area contributed by atoms with Crippen molar-refractivity contribution in [1.29, 1.82) is 0 Å². The molecule has 128 valence electrons. The second-order valence-corrected chi connectivity index (χ2v) is 5.10. The average Bonchev–Trinajstić information content (AvgIpc) is 2.88. The summed E-state index contributed by atoms with van der Waals surface area (Å²) in [5, 5.41) is 2.67. The number of methoxy groups -OCH3 is 1. The van der Waals surface area contributed by atoms with Gasteiger partial charge in [0.25, 0.3) is 5.91 Å². The highest BCUT2D eigenvalue weighted by Gasteiger charge is 2.26. The Hall–Kier alpha value is -2.31. The number of H-pyrrole nitrogens is 1. The minimum absolute atomic E-state index is 0.0172. The van der Waals surface area contributed by atoms with Gasteiger partial charge in [-0.1, -0.05) is 6.92 Å². The number of carbonyl (C=O) groups excluding carboxylic acids is 3. The highest BCUT2D eigenvalue weighted by molar-refractivity contribution is 6.01. The van der Waals surface area contributed by atoms with Gasteiger partial charge < -0.3 is 19.9 Å². The summed E-state index contributed by atoms with van der Waals surface area (Å²) < 4.78 is 4.79. The molecule has 0 saturated carbocycles. The van der Waals surface area contributed by atoms with Gasteiger partial charge in [-0.15, -0.1) is 0 Å². The molecule has 0 aromatic carbocycles. The molecule has 2 N–H and O–H groups in total. The van der Waals surface area contributed by atoms with Crippen LogP contribution in [0.5, 0.6) is 0 Å². The Balaban J connectivity index is 3.13. The van der Waals surface area contributed by atoms with E-state index >= 15 is 0 Å². The molecular formula is C16H25N3O4. The van der Waals surface area contributed by atoms with Crippen LogP contribution in [0.1, 0.15) is 52.9 Å². The number of esters is 1. The van der Waals surface area contributed by atoms with Crippen LogP contribution in [-0.4, -0.2) is 54.4 Å². The third-order valence-electron chi connectivity index (χ3n) is 3.66. The van der Waals surface area contributed by atoms with Gasteiger partial charge in [-0.05, 0) is 32.8 Å². The molecule has 0 unspecified atom stereocenters. The Morgan fingerprint density at radius 3 is 2.35 bits per heavy atom. The Morgan fingerprint density at radius 2 is 1.87 bits per heavy atom. The monoisotopic (exact) mass is 323 g/mol. The van der Waals surface area contributed by atoms with Crippen molar-refractivity contribution in [3.8, 4) is 0 Å². The lowest BCUT2D eigenvalue weighted by molar-refractivity contribution is -0.121. The number of nitrogens with zero attached hydrogens (tertiary/aromatic N) is 1. The van der Waals surface area contributed by atoms with Gasteiger partial charge in [-0.25, -0.2) is 4.79 Å². The van der Waals surface area contributed by atoms with E-state index in [-0.39, 0.29) is 18.4 Å². The maximum absolute atomic E-state index is 12.7. The van der Waals surface area contributed by atoms with Gasteiger partial charge in [-0.3, -0.25) is 9.59 Å². The molecule has 0 aliphatic heterocycles. The highest BCUT2D eigenvalue weighted by Crippen LogP contribution is 2.21. The number of aromatic nitrogens is 1. The number of nitrogens with one attached hydrogen (secondary N) is 2. The van der Waals surface area contributed by atoms with E-state index in [9.17, 15) is 14.4 Å². The molecule has 0 radical (unpaired) electrons. The Labute approximate surface area is 136 Å². The predicted octanol–water partition coefficient (Wildman–Crippen LogP) is 1.27. The summed E-state index contributed by atoms with van der Waals surface area (Å²) >= 11 is 0. The van der Waals surface area contributed by atoms with Crippen molar-refractivity contribution >= 4 is 17.8 Å². The molecule has 0 bridgehead atoms. The second-order valence-electron chi connectivity index (χ2n) is 5.10. The van der Waals surface area contributed by atoms with Crippen LogP contribution in [-0.2, 0) is 16.0 Å². The summed E-state index contributed by atoms with van der Waals surface area (Å²) in [6.07, 6.45) is 0.570. The van der Waals surface area contributed by atoms with Crippen LogP contribution in [0.15, 0.2) is 0 Å². The molecular weight excluding hydrogens is 298 g/mol. The summed E-state index contributed by atoms with van der Waals surface area (Å²) in [7, 11) is 1.31. The maximum atomic E-state index is 12.7. The summed E-state index contributed by atoms with van der Waals surface area (Å²) in [5.74, 6) is -0.988. The molecule has 0 saturated heterocycles. The fourth-order valence-corrected chi connectivity index (χ4v) is 2.43. The molecule has 0 aliphatic carbocycles. The van der Waals surface area contributed by atoms with E-state index in [4.69, 9.17) is 4.74 Å². The van der Waals surface area contributed by atoms with E-state index in [1.165, 1.54) is 12.0 Å². The van der Waals surface area contributed by atoms with E-state index in [2.05, 4.69) is 10.3 Å². The number of likely N-dealkylation sites (N-methyl/N-ethyl adjacent to an activating group) is 2. The topological polar surface area (TPSA) is 91.5 Å². The minimum Gasteiger partial charge on any atom is -0.465 e. The van der Waals surface area contributed by atoms with Crippen LogP contribution in [0.2, 0.25) is 0 Å². The number of hydrogen-bond acceptors (Lipinski definition) is 4. The molecule has 7 nitrogen and oxygen atoms in total. The number of hydrogen-bond donors (Lipinski definition) is 2. The van der Waals surface area contributed by atoms with Gasteiger partial charge in [0.2, 0.25) is 5.91 Å². The zero-order valence-corrected chi connectivity index (χ0v) is 14.4. The van der Waals surface area contributed by atoms with Crippen LogP contribution in [0.3, 0.4) is 0 Å². The van der Waals surface area contributed by atoms with Gasteiger partial charge in [-0.2, -0.15) is 0 Å². The van der Waals surface area contributed by atoms with Crippen LogP contribution >= 0.6 is 0 Å². The molecule has 2 amide bonds. The summed E-state index contributed by atoms with van der Waals surface area (Å²) in [6.45, 7) is 8.10. The van der Waals surface area contributed by atoms with Crippen molar-refractivity contribution < 1.29 is 19.1 Å². The lowest BCUT2D eigenvalue weighted by Gasteiger charge is -2.20. The molecule has 0 fully saturated rings. The molecule has 0 spiro atoms. The molecule has 1 aromatic heterocycles. The Kier molecular flexibility index (Phi) is 6.81. The average molecular weight is 323 g/mol. The smallest absolute Gasteiger partial charge is 0.339 e. The Bertz CT molecular complexity index is 592. The summed E-state index contributed by atoms with van der Waals surface area (Å²) in [5.41, 5.74) is 1.93.